The van der Waals surface area contributed by atoms with Gasteiger partial charge in [0.05, 0.1) is 25.7 Å². The number of aromatic nitrogens is 1. The number of rotatable bonds is 5. The second-order valence-corrected chi connectivity index (χ2v) is 8.40. The van der Waals surface area contributed by atoms with Crippen LogP contribution in [0.15, 0.2) is 65.3 Å². The Kier molecular flexibility index (Phi) is 8.44. The fourth-order valence-corrected chi connectivity index (χ4v) is 3.68. The maximum absolute atomic E-state index is 8.49. The van der Waals surface area contributed by atoms with Gasteiger partial charge in [-0.15, -0.1) is 10.2 Å². The first kappa shape index (κ1) is 26.1. The molecule has 2 aromatic heterocycles. The van der Waals surface area contributed by atoms with Gasteiger partial charge in [-0.3, -0.25) is 4.98 Å². The highest BCUT2D eigenvalue weighted by Crippen LogP contribution is 2.33. The molecule has 10 heteroatoms. The highest BCUT2D eigenvalue weighted by Gasteiger charge is 2.14. The zero-order chi connectivity index (χ0) is 25.6. The molecular formula is C25H25ClN2O7. The lowest BCUT2D eigenvalue weighted by molar-refractivity contribution is -2.00. The third-order valence-corrected chi connectivity index (χ3v) is 5.08. The summed E-state index contributed by atoms with van der Waals surface area (Å²) in [6.07, 6.45) is 3.65. The number of pyridine rings is 1. The van der Waals surface area contributed by atoms with Crippen LogP contribution in [0.2, 0.25) is 0 Å². The zero-order valence-corrected chi connectivity index (χ0v) is 20.4. The van der Waals surface area contributed by atoms with Crippen molar-refractivity contribution in [2.24, 2.45) is 0 Å². The zero-order valence-electron chi connectivity index (χ0n) is 19.7. The molecule has 0 radical (unpaired) electrons. The Morgan fingerprint density at radius 3 is 2.29 bits per heavy atom. The summed E-state index contributed by atoms with van der Waals surface area (Å²) in [6, 6.07) is 16.1. The van der Waals surface area contributed by atoms with Crippen molar-refractivity contribution < 1.29 is 47.8 Å². The molecule has 4 aromatic rings. The fourth-order valence-electron chi connectivity index (χ4n) is 3.68. The van der Waals surface area contributed by atoms with Crippen molar-refractivity contribution in [3.63, 3.8) is 0 Å². The summed E-state index contributed by atoms with van der Waals surface area (Å²) in [5, 5.41) is 2.09. The number of methoxy groups -OCH3 is 2. The number of aryl methyl sites for hydroxylation is 2. The lowest BCUT2D eigenvalue weighted by Crippen LogP contribution is -2.75. The number of nitrogens with zero attached hydrogens (tertiary/aromatic N) is 1. The minimum Gasteiger partial charge on any atom is -0.493 e. The van der Waals surface area contributed by atoms with E-state index in [0.29, 0.717) is 18.0 Å². The minimum atomic E-state index is -4.94. The summed E-state index contributed by atoms with van der Waals surface area (Å²) in [4.78, 5) is 7.77. The van der Waals surface area contributed by atoms with Crippen LogP contribution in [0.3, 0.4) is 0 Å². The van der Waals surface area contributed by atoms with Gasteiger partial charge < -0.3 is 13.9 Å². The van der Waals surface area contributed by atoms with Crippen LogP contribution in [0.5, 0.6) is 11.5 Å². The normalized spacial score (nSPS) is 11.7. The van der Waals surface area contributed by atoms with E-state index in [1.807, 2.05) is 36.5 Å². The molecular weight excluding hydrogens is 476 g/mol. The number of ether oxygens (including phenoxy) is 2. The molecule has 1 N–H and O–H groups in total. The monoisotopic (exact) mass is 500 g/mol. The van der Waals surface area contributed by atoms with E-state index in [9.17, 15) is 0 Å². The maximum atomic E-state index is 8.49. The van der Waals surface area contributed by atoms with Crippen LogP contribution in [-0.4, -0.2) is 19.2 Å². The van der Waals surface area contributed by atoms with Gasteiger partial charge in [0.2, 0.25) is 5.36 Å². The van der Waals surface area contributed by atoms with E-state index in [1.165, 1.54) is 5.56 Å². The molecule has 0 unspecified atom stereocenters. The highest BCUT2D eigenvalue weighted by molar-refractivity contribution is 5.82. The predicted molar refractivity (Wildman–Crippen MR) is 116 cm³/mol. The van der Waals surface area contributed by atoms with Crippen LogP contribution in [0.1, 0.15) is 16.7 Å². The maximum Gasteiger partial charge on any atom is 0.213 e. The summed E-state index contributed by atoms with van der Waals surface area (Å²) < 4.78 is 51.1. The van der Waals surface area contributed by atoms with Crippen LogP contribution in [-0.2, 0) is 6.54 Å². The van der Waals surface area contributed by atoms with Gasteiger partial charge in [0.1, 0.15) is 11.3 Å². The second kappa shape index (κ2) is 11.3. The molecule has 4 rings (SSSR count). The number of hydrogen-bond donors (Lipinski definition) is 1. The van der Waals surface area contributed by atoms with Gasteiger partial charge in [0.15, 0.2) is 18.0 Å². The molecule has 0 fully saturated rings. The minimum absolute atomic E-state index is 0.663. The largest absolute Gasteiger partial charge is 0.493 e. The molecule has 0 atom stereocenters. The molecule has 0 bridgehead atoms. The first-order chi connectivity index (χ1) is 16.6. The van der Waals surface area contributed by atoms with Crippen molar-refractivity contribution in [2.45, 2.75) is 20.4 Å². The summed E-state index contributed by atoms with van der Waals surface area (Å²) in [6.45, 7) is 4.86. The quantitative estimate of drug-likeness (QED) is 0.349. The van der Waals surface area contributed by atoms with Crippen molar-refractivity contribution in [2.75, 3.05) is 14.2 Å². The molecule has 0 aliphatic carbocycles. The van der Waals surface area contributed by atoms with E-state index >= 15 is 0 Å². The average molecular weight is 501 g/mol. The third-order valence-electron chi connectivity index (χ3n) is 5.08. The van der Waals surface area contributed by atoms with Crippen LogP contribution in [0, 0.1) is 24.1 Å². The van der Waals surface area contributed by atoms with Gasteiger partial charge in [-0.2, -0.15) is 0 Å². The van der Waals surface area contributed by atoms with Crippen LogP contribution in [0.25, 0.3) is 22.3 Å². The van der Waals surface area contributed by atoms with Gasteiger partial charge in [0, 0.05) is 23.5 Å². The topological polar surface area (TPSA) is 151 Å². The third kappa shape index (κ3) is 7.25. The molecule has 0 aliphatic rings. The number of benzene rings is 2. The molecule has 0 amide bonds. The summed E-state index contributed by atoms with van der Waals surface area (Å²) in [7, 11) is -1.68. The Labute approximate surface area is 204 Å². The SMILES string of the molecule is COc1ccc(-c2cc(=[NH+]Cc3cccnc3)c3c(C)cc(C)cc3o2)cc1OC.[O-][Cl+3]([O-])([O-])[O-]. The number of halogens is 1. The smallest absolute Gasteiger partial charge is 0.213 e. The Bertz CT molecular complexity index is 1360. The number of fused-ring (bicyclic) bond motifs is 1. The molecule has 2 heterocycles. The summed E-state index contributed by atoms with van der Waals surface area (Å²) in [5.41, 5.74) is 5.20. The Morgan fingerprint density at radius 2 is 1.66 bits per heavy atom. The first-order valence-electron chi connectivity index (χ1n) is 10.4. The lowest BCUT2D eigenvalue weighted by Gasteiger charge is -2.17. The molecule has 0 aliphatic heterocycles. The number of nitrogens with one attached hydrogen (secondary N) is 1. The van der Waals surface area contributed by atoms with Crippen molar-refractivity contribution in [3.8, 4) is 22.8 Å². The van der Waals surface area contributed by atoms with Gasteiger partial charge in [-0.05, 0) is 61.4 Å². The summed E-state index contributed by atoms with van der Waals surface area (Å²) >= 11 is 0. The molecule has 2 aromatic carbocycles. The second-order valence-electron chi connectivity index (χ2n) is 7.64. The molecule has 9 nitrogen and oxygen atoms in total. The van der Waals surface area contributed by atoms with Crippen molar-refractivity contribution >= 4 is 11.0 Å². The van der Waals surface area contributed by atoms with E-state index in [1.54, 1.807) is 20.4 Å². The van der Waals surface area contributed by atoms with Gasteiger partial charge >= 0.3 is 0 Å². The Morgan fingerprint density at radius 1 is 0.943 bits per heavy atom. The van der Waals surface area contributed by atoms with Crippen molar-refractivity contribution in [1.82, 2.24) is 4.98 Å². The number of hydrogen-bond acceptors (Lipinski definition) is 8. The Balaban J connectivity index is 0.000000623. The van der Waals surface area contributed by atoms with E-state index in [4.69, 9.17) is 32.5 Å². The molecule has 0 spiro atoms. The standard InChI is InChI=1S/C25H24N2O3.ClHO4/c1-16-10-17(2)25-20(27-15-18-6-5-9-26-14-18)13-22(30-24(25)11-16)19-7-8-21(28-3)23(12-19)29-4;2-1(3,4)5/h5-14H,15H2,1-4H3;(H,2,3,4,5). The van der Waals surface area contributed by atoms with Crippen LogP contribution in [0.4, 0.5) is 0 Å². The highest BCUT2D eigenvalue weighted by atomic mass is 35.7. The van der Waals surface area contributed by atoms with Crippen molar-refractivity contribution in [3.05, 3.63) is 83.0 Å². The average Bonchev–Trinajstić information content (AvgIpc) is 2.81. The fraction of sp³-hybridized carbons (Fsp3) is 0.200. The van der Waals surface area contributed by atoms with Gasteiger partial charge in [-0.25, -0.2) is 23.6 Å². The van der Waals surface area contributed by atoms with E-state index in [2.05, 4.69) is 42.0 Å². The van der Waals surface area contributed by atoms with E-state index in [0.717, 1.165) is 38.8 Å². The van der Waals surface area contributed by atoms with Crippen LogP contribution >= 0.6 is 0 Å². The molecule has 35 heavy (non-hydrogen) atoms. The van der Waals surface area contributed by atoms with Crippen LogP contribution < -0.4 is 38.5 Å². The first-order valence-corrected chi connectivity index (χ1v) is 11.7. The molecule has 0 saturated heterocycles. The van der Waals surface area contributed by atoms with Gasteiger partial charge in [-0.1, -0.05) is 6.07 Å². The van der Waals surface area contributed by atoms with E-state index < -0.39 is 10.2 Å². The predicted octanol–water partition coefficient (Wildman–Crippen LogP) is -1.45. The summed E-state index contributed by atoms with van der Waals surface area (Å²) in [5.74, 6) is 2.10. The lowest BCUT2D eigenvalue weighted by atomic mass is 10.0. The molecule has 184 valence electrons. The molecule has 0 saturated carbocycles. The van der Waals surface area contributed by atoms with E-state index in [-0.39, 0.29) is 0 Å². The Hall–Kier alpha value is -3.47. The van der Waals surface area contributed by atoms with Crippen molar-refractivity contribution in [1.29, 1.82) is 0 Å². The van der Waals surface area contributed by atoms with Gasteiger partial charge in [0.25, 0.3) is 0 Å².